The van der Waals surface area contributed by atoms with E-state index in [-0.39, 0.29) is 11.9 Å². The van der Waals surface area contributed by atoms with Crippen LogP contribution >= 0.6 is 11.3 Å². The van der Waals surface area contributed by atoms with Crippen LogP contribution in [0.25, 0.3) is 6.08 Å². The first-order valence-corrected chi connectivity index (χ1v) is 8.46. The van der Waals surface area contributed by atoms with Crippen molar-refractivity contribution >= 4 is 29.3 Å². The van der Waals surface area contributed by atoms with Gasteiger partial charge in [0.1, 0.15) is 6.04 Å². The number of benzene rings is 1. The van der Waals surface area contributed by atoms with Crippen molar-refractivity contribution in [2.24, 2.45) is 0 Å². The van der Waals surface area contributed by atoms with Crippen molar-refractivity contribution in [3.63, 3.8) is 0 Å². The summed E-state index contributed by atoms with van der Waals surface area (Å²) in [6, 6.07) is 7.26. The Morgan fingerprint density at radius 1 is 1.33 bits per heavy atom. The van der Waals surface area contributed by atoms with Crippen LogP contribution in [-0.2, 0) is 27.3 Å². The van der Waals surface area contributed by atoms with Gasteiger partial charge < -0.3 is 9.64 Å². The summed E-state index contributed by atoms with van der Waals surface area (Å²) in [4.78, 5) is 31.4. The summed E-state index contributed by atoms with van der Waals surface area (Å²) in [6.07, 6.45) is 5.44. The Labute approximate surface area is 144 Å². The first kappa shape index (κ1) is 16.4. The molecule has 6 heteroatoms. The lowest BCUT2D eigenvalue weighted by molar-refractivity contribution is -0.152. The molecule has 1 aromatic carbocycles. The smallest absolute Gasteiger partial charge is 0.328 e. The Bertz CT molecular complexity index is 797. The molecule has 0 N–H and O–H groups in total. The molecule has 0 bridgehead atoms. The minimum Gasteiger partial charge on any atom is -0.467 e. The van der Waals surface area contributed by atoms with Crippen LogP contribution in [0, 0.1) is 6.92 Å². The fraction of sp³-hybridized carbons (Fsp3) is 0.278. The first-order valence-electron chi connectivity index (χ1n) is 7.64. The number of thiazole rings is 1. The zero-order valence-electron chi connectivity index (χ0n) is 13.6. The van der Waals surface area contributed by atoms with Gasteiger partial charge in [-0.15, -0.1) is 11.3 Å². The van der Waals surface area contributed by atoms with E-state index in [1.807, 2.05) is 31.2 Å². The van der Waals surface area contributed by atoms with E-state index in [4.69, 9.17) is 4.74 Å². The number of hydrogen-bond acceptors (Lipinski definition) is 5. The molecule has 0 radical (unpaired) electrons. The molecule has 1 aromatic heterocycles. The fourth-order valence-corrected chi connectivity index (χ4v) is 3.49. The summed E-state index contributed by atoms with van der Waals surface area (Å²) in [7, 11) is 1.35. The number of carbonyl (C=O) groups excluding carboxylic acids is 2. The van der Waals surface area contributed by atoms with Crippen molar-refractivity contribution in [3.8, 4) is 0 Å². The Morgan fingerprint density at radius 2 is 2.08 bits per heavy atom. The molecule has 2 aromatic rings. The predicted octanol–water partition coefficient (Wildman–Crippen LogP) is 2.59. The average molecular weight is 342 g/mol. The molecular weight excluding hydrogens is 324 g/mol. The number of aryl methyl sites for hydroxylation is 1. The number of amides is 1. The highest BCUT2D eigenvalue weighted by Gasteiger charge is 2.34. The fourth-order valence-electron chi connectivity index (χ4n) is 2.81. The quantitative estimate of drug-likeness (QED) is 0.635. The van der Waals surface area contributed by atoms with Gasteiger partial charge in [0.05, 0.1) is 12.1 Å². The molecule has 124 valence electrons. The highest BCUT2D eigenvalue weighted by Crippen LogP contribution is 2.24. The molecule has 1 aliphatic heterocycles. The van der Waals surface area contributed by atoms with Crippen molar-refractivity contribution in [1.29, 1.82) is 0 Å². The van der Waals surface area contributed by atoms with Gasteiger partial charge in [0.25, 0.3) is 0 Å². The van der Waals surface area contributed by atoms with Gasteiger partial charge in [0, 0.05) is 30.1 Å². The molecule has 5 nitrogen and oxygen atoms in total. The number of carbonyl (C=O) groups is 2. The zero-order chi connectivity index (χ0) is 17.1. The van der Waals surface area contributed by atoms with Crippen LogP contribution in [0.3, 0.4) is 0 Å². The molecule has 2 heterocycles. The summed E-state index contributed by atoms with van der Waals surface area (Å²) in [5.74, 6) is -0.592. The Balaban J connectivity index is 1.84. The molecule has 0 fully saturated rings. The lowest BCUT2D eigenvalue weighted by Gasteiger charge is -2.34. The summed E-state index contributed by atoms with van der Waals surface area (Å²) in [5.41, 5.74) is 2.15. The topological polar surface area (TPSA) is 59.5 Å². The molecule has 0 spiro atoms. The van der Waals surface area contributed by atoms with E-state index in [1.165, 1.54) is 24.5 Å². The van der Waals surface area contributed by atoms with Gasteiger partial charge >= 0.3 is 5.97 Å². The highest BCUT2D eigenvalue weighted by molar-refractivity contribution is 7.12. The minimum absolute atomic E-state index is 0.203. The van der Waals surface area contributed by atoms with Gasteiger partial charge in [-0.25, -0.2) is 9.78 Å². The molecule has 3 rings (SSSR count). The Morgan fingerprint density at radius 3 is 2.75 bits per heavy atom. The third-order valence-corrected chi connectivity index (χ3v) is 4.91. The summed E-state index contributed by atoms with van der Waals surface area (Å²) >= 11 is 1.52. The van der Waals surface area contributed by atoms with Crippen LogP contribution < -0.4 is 0 Å². The Hall–Kier alpha value is -2.47. The maximum atomic E-state index is 12.6. The average Bonchev–Trinajstić information content (AvgIpc) is 3.03. The van der Waals surface area contributed by atoms with Crippen LogP contribution in [0.5, 0.6) is 0 Å². The maximum absolute atomic E-state index is 12.6. The van der Waals surface area contributed by atoms with E-state index in [0.717, 1.165) is 21.0 Å². The molecule has 1 aliphatic rings. The van der Waals surface area contributed by atoms with Gasteiger partial charge in [-0.1, -0.05) is 24.3 Å². The van der Waals surface area contributed by atoms with Crippen molar-refractivity contribution in [3.05, 3.63) is 57.6 Å². The van der Waals surface area contributed by atoms with Crippen LogP contribution in [0.1, 0.15) is 21.0 Å². The van der Waals surface area contributed by atoms with E-state index in [2.05, 4.69) is 4.98 Å². The van der Waals surface area contributed by atoms with Crippen molar-refractivity contribution in [2.45, 2.75) is 25.9 Å². The van der Waals surface area contributed by atoms with E-state index in [9.17, 15) is 9.59 Å². The van der Waals surface area contributed by atoms with Gasteiger partial charge in [0.15, 0.2) is 0 Å². The second-order valence-corrected chi connectivity index (χ2v) is 6.86. The number of methoxy groups -OCH3 is 1. The highest BCUT2D eigenvalue weighted by atomic mass is 32.1. The Kier molecular flexibility index (Phi) is 4.76. The monoisotopic (exact) mass is 342 g/mol. The predicted molar refractivity (Wildman–Crippen MR) is 92.4 cm³/mol. The van der Waals surface area contributed by atoms with Gasteiger partial charge in [-0.2, -0.15) is 0 Å². The number of nitrogens with zero attached hydrogens (tertiary/aromatic N) is 2. The van der Waals surface area contributed by atoms with Crippen molar-refractivity contribution in [2.75, 3.05) is 7.11 Å². The molecule has 1 atom stereocenters. The van der Waals surface area contributed by atoms with Crippen LogP contribution in [0.4, 0.5) is 0 Å². The SMILES string of the molecule is COC(=O)[C@H]1Cc2ccccc2CN1C(=O)/C=C/c1cnc(C)s1. The number of ether oxygens (including phenoxy) is 1. The third kappa shape index (κ3) is 3.38. The molecule has 0 aliphatic carbocycles. The summed E-state index contributed by atoms with van der Waals surface area (Å²) in [6.45, 7) is 2.32. The van der Waals surface area contributed by atoms with Crippen LogP contribution in [0.2, 0.25) is 0 Å². The normalized spacial score (nSPS) is 16.9. The van der Waals surface area contributed by atoms with Crippen molar-refractivity contribution < 1.29 is 14.3 Å². The number of hydrogen-bond donors (Lipinski definition) is 0. The molecular formula is C18H18N2O3S. The number of fused-ring (bicyclic) bond motifs is 1. The van der Waals surface area contributed by atoms with Gasteiger partial charge in [0.2, 0.25) is 5.91 Å². The standard InChI is InChI=1S/C18H18N2O3S/c1-12-19-10-15(24-12)7-8-17(21)20-11-14-6-4-3-5-13(14)9-16(20)18(22)23-2/h3-8,10,16H,9,11H2,1-2H3/b8-7+/t16-/m1/s1. The lowest BCUT2D eigenvalue weighted by Crippen LogP contribution is -2.48. The summed E-state index contributed by atoms with van der Waals surface area (Å²) in [5, 5.41) is 0.946. The first-order chi connectivity index (χ1) is 11.6. The second-order valence-electron chi connectivity index (χ2n) is 5.59. The number of aromatic nitrogens is 1. The molecule has 0 saturated heterocycles. The van der Waals surface area contributed by atoms with Gasteiger partial charge in [-0.3, -0.25) is 4.79 Å². The number of rotatable bonds is 3. The maximum Gasteiger partial charge on any atom is 0.328 e. The van der Waals surface area contributed by atoms with Crippen LogP contribution in [0.15, 0.2) is 36.5 Å². The zero-order valence-corrected chi connectivity index (χ0v) is 14.4. The van der Waals surface area contributed by atoms with Crippen LogP contribution in [-0.4, -0.2) is 34.9 Å². The van der Waals surface area contributed by atoms with E-state index >= 15 is 0 Å². The van der Waals surface area contributed by atoms with E-state index < -0.39 is 6.04 Å². The lowest BCUT2D eigenvalue weighted by atomic mass is 9.94. The molecule has 24 heavy (non-hydrogen) atoms. The van der Waals surface area contributed by atoms with Crippen molar-refractivity contribution in [1.82, 2.24) is 9.88 Å². The largest absolute Gasteiger partial charge is 0.467 e. The molecule has 0 unspecified atom stereocenters. The third-order valence-electron chi connectivity index (χ3n) is 4.03. The minimum atomic E-state index is -0.592. The summed E-state index contributed by atoms with van der Waals surface area (Å²) < 4.78 is 4.89. The van der Waals surface area contributed by atoms with E-state index in [0.29, 0.717) is 13.0 Å². The molecule has 0 saturated carbocycles. The number of esters is 1. The van der Waals surface area contributed by atoms with E-state index in [1.54, 1.807) is 17.2 Å². The molecule has 1 amide bonds. The second kappa shape index (κ2) is 6.97. The van der Waals surface area contributed by atoms with Gasteiger partial charge in [-0.05, 0) is 24.1 Å².